The van der Waals surface area contributed by atoms with Gasteiger partial charge < -0.3 is 10.1 Å². The van der Waals surface area contributed by atoms with E-state index in [2.05, 4.69) is 5.32 Å². The number of carbonyl (C=O) groups excluding carboxylic acids is 1. The lowest BCUT2D eigenvalue weighted by Crippen LogP contribution is -2.53. The normalized spacial score (nSPS) is 25.1. The molecule has 0 aliphatic carbocycles. The number of methoxy groups -OCH3 is 1. The van der Waals surface area contributed by atoms with Crippen LogP contribution in [0.5, 0.6) is 0 Å². The molecule has 0 saturated heterocycles. The van der Waals surface area contributed by atoms with Crippen molar-refractivity contribution in [2.75, 3.05) is 7.11 Å². The van der Waals surface area contributed by atoms with E-state index in [9.17, 15) is 14.9 Å². The molecule has 3 atom stereocenters. The first-order valence-electron chi connectivity index (χ1n) is 8.19. The number of ether oxygens (including phenoxy) is 1. The number of hydrogen-bond acceptors (Lipinski definition) is 6. The van der Waals surface area contributed by atoms with E-state index < -0.39 is 16.4 Å². The summed E-state index contributed by atoms with van der Waals surface area (Å²) < 4.78 is 5.11. The Morgan fingerprint density at radius 3 is 2.73 bits per heavy atom. The fourth-order valence-corrected chi connectivity index (χ4v) is 4.57. The van der Waals surface area contributed by atoms with E-state index in [1.54, 1.807) is 17.4 Å². The van der Waals surface area contributed by atoms with Gasteiger partial charge in [0, 0.05) is 28.6 Å². The maximum Gasteiger partial charge on any atom is 0.312 e. The Labute approximate surface area is 155 Å². The van der Waals surface area contributed by atoms with E-state index in [4.69, 9.17) is 4.74 Å². The molecule has 1 aliphatic heterocycles. The molecule has 136 valence electrons. The molecule has 26 heavy (non-hydrogen) atoms. The van der Waals surface area contributed by atoms with Crippen molar-refractivity contribution in [2.45, 2.75) is 25.3 Å². The molecule has 0 bridgehead atoms. The van der Waals surface area contributed by atoms with Crippen LogP contribution in [0.25, 0.3) is 0 Å². The summed E-state index contributed by atoms with van der Waals surface area (Å²) in [6.45, 7) is 3.91. The average molecular weight is 372 g/mol. The van der Waals surface area contributed by atoms with Gasteiger partial charge in [0.05, 0.1) is 23.5 Å². The molecule has 1 aromatic carbocycles. The smallest absolute Gasteiger partial charge is 0.312 e. The molecule has 0 saturated carbocycles. The monoisotopic (exact) mass is 372 g/mol. The summed E-state index contributed by atoms with van der Waals surface area (Å²) >= 11 is 1.56. The van der Waals surface area contributed by atoms with Crippen molar-refractivity contribution in [2.24, 2.45) is 5.92 Å². The zero-order valence-electron chi connectivity index (χ0n) is 14.8. The van der Waals surface area contributed by atoms with Crippen LogP contribution < -0.4 is 5.32 Å². The number of thiophene rings is 1. The van der Waals surface area contributed by atoms with Gasteiger partial charge in [-0.25, -0.2) is 0 Å². The summed E-state index contributed by atoms with van der Waals surface area (Å²) in [4.78, 5) is 24.5. The number of rotatable bonds is 4. The summed E-state index contributed by atoms with van der Waals surface area (Å²) in [5.74, 6) is -1.25. The lowest BCUT2D eigenvalue weighted by molar-refractivity contribution is -0.384. The summed E-state index contributed by atoms with van der Waals surface area (Å²) in [5, 5.41) is 16.6. The molecule has 0 spiro atoms. The molecule has 7 heteroatoms. The van der Waals surface area contributed by atoms with Gasteiger partial charge in [-0.2, -0.15) is 0 Å². The van der Waals surface area contributed by atoms with E-state index in [-0.39, 0.29) is 17.6 Å². The SMILES string of the molecule is COC(=O)C1C(c2cccc([N+](=O)[O-])c2)C=C(C)NC1(C)c1cccs1. The van der Waals surface area contributed by atoms with Gasteiger partial charge in [-0.1, -0.05) is 24.3 Å². The number of hydrogen-bond donors (Lipinski definition) is 1. The maximum atomic E-state index is 12.8. The summed E-state index contributed by atoms with van der Waals surface area (Å²) in [6.07, 6.45) is 1.94. The highest BCUT2D eigenvalue weighted by Crippen LogP contribution is 2.46. The Balaban J connectivity index is 2.16. The number of nitrogens with zero attached hydrogens (tertiary/aromatic N) is 1. The van der Waals surface area contributed by atoms with Crippen molar-refractivity contribution >= 4 is 23.0 Å². The molecule has 3 rings (SSSR count). The predicted octanol–water partition coefficient (Wildman–Crippen LogP) is 3.95. The third-order valence-corrected chi connectivity index (χ3v) is 5.93. The third kappa shape index (κ3) is 3.10. The van der Waals surface area contributed by atoms with Crippen LogP contribution in [0, 0.1) is 16.0 Å². The minimum atomic E-state index is -0.671. The number of carbonyl (C=O) groups is 1. The summed E-state index contributed by atoms with van der Waals surface area (Å²) in [5.41, 5.74) is 0.972. The second kappa shape index (κ2) is 6.92. The maximum absolute atomic E-state index is 12.8. The number of benzene rings is 1. The Hall–Kier alpha value is -2.67. The molecular formula is C19H20N2O4S. The molecule has 0 fully saturated rings. The van der Waals surface area contributed by atoms with Gasteiger partial charge in [-0.15, -0.1) is 11.3 Å². The molecule has 2 aromatic rings. The first kappa shape index (κ1) is 18.1. The molecular weight excluding hydrogens is 352 g/mol. The molecule has 1 N–H and O–H groups in total. The number of nitrogens with one attached hydrogen (secondary N) is 1. The van der Waals surface area contributed by atoms with Crippen LogP contribution in [-0.4, -0.2) is 18.0 Å². The second-order valence-corrected chi connectivity index (χ2v) is 7.48. The van der Waals surface area contributed by atoms with Crippen LogP contribution in [0.2, 0.25) is 0 Å². The highest BCUT2D eigenvalue weighted by Gasteiger charge is 2.49. The molecule has 6 nitrogen and oxygen atoms in total. The fourth-order valence-electron chi connectivity index (χ4n) is 3.69. The lowest BCUT2D eigenvalue weighted by atomic mass is 9.70. The van der Waals surface area contributed by atoms with Crippen LogP contribution in [0.1, 0.15) is 30.2 Å². The molecule has 1 aliphatic rings. The third-order valence-electron chi connectivity index (χ3n) is 4.82. The quantitative estimate of drug-likeness (QED) is 0.499. The minimum Gasteiger partial charge on any atom is -0.469 e. The van der Waals surface area contributed by atoms with Crippen molar-refractivity contribution in [1.29, 1.82) is 0 Å². The van der Waals surface area contributed by atoms with Gasteiger partial charge in [0.2, 0.25) is 0 Å². The van der Waals surface area contributed by atoms with Gasteiger partial charge in [-0.05, 0) is 30.9 Å². The number of esters is 1. The van der Waals surface area contributed by atoms with Gasteiger partial charge >= 0.3 is 5.97 Å². The van der Waals surface area contributed by atoms with E-state index in [1.807, 2.05) is 43.5 Å². The van der Waals surface area contributed by atoms with Crippen LogP contribution in [0.15, 0.2) is 53.6 Å². The predicted molar refractivity (Wildman–Crippen MR) is 99.9 cm³/mol. The molecule has 2 heterocycles. The topological polar surface area (TPSA) is 81.5 Å². The highest BCUT2D eigenvalue weighted by atomic mass is 32.1. The van der Waals surface area contributed by atoms with Crippen molar-refractivity contribution in [1.82, 2.24) is 5.32 Å². The Morgan fingerprint density at radius 2 is 2.12 bits per heavy atom. The standard InChI is InChI=1S/C19H20N2O4S/c1-12-10-15(13-6-4-7-14(11-13)21(23)24)17(18(22)25-3)19(2,20-12)16-8-5-9-26-16/h4-11,15,17,20H,1-3H3. The van der Waals surface area contributed by atoms with Crippen molar-refractivity contribution in [3.63, 3.8) is 0 Å². The van der Waals surface area contributed by atoms with Crippen LogP contribution in [0.4, 0.5) is 5.69 Å². The van der Waals surface area contributed by atoms with Gasteiger partial charge in [-0.3, -0.25) is 14.9 Å². The zero-order valence-corrected chi connectivity index (χ0v) is 15.6. The first-order chi connectivity index (χ1) is 12.4. The minimum absolute atomic E-state index is 0.00790. The van der Waals surface area contributed by atoms with E-state index in [0.717, 1.165) is 16.1 Å². The Kier molecular flexibility index (Phi) is 4.82. The number of nitro benzene ring substituents is 1. The molecule has 1 aromatic heterocycles. The van der Waals surface area contributed by atoms with E-state index in [1.165, 1.54) is 19.2 Å². The number of nitro groups is 1. The summed E-state index contributed by atoms with van der Waals surface area (Å²) in [6, 6.07) is 10.4. The van der Waals surface area contributed by atoms with Crippen molar-refractivity contribution in [3.8, 4) is 0 Å². The van der Waals surface area contributed by atoms with Crippen molar-refractivity contribution < 1.29 is 14.5 Å². The van der Waals surface area contributed by atoms with E-state index in [0.29, 0.717) is 0 Å². The first-order valence-corrected chi connectivity index (χ1v) is 9.07. The average Bonchev–Trinajstić information content (AvgIpc) is 3.16. The molecule has 0 radical (unpaired) electrons. The van der Waals surface area contributed by atoms with Crippen LogP contribution in [-0.2, 0) is 15.1 Å². The van der Waals surface area contributed by atoms with Crippen molar-refractivity contribution in [3.05, 3.63) is 74.1 Å². The largest absolute Gasteiger partial charge is 0.469 e. The number of allylic oxidation sites excluding steroid dienone is 2. The van der Waals surface area contributed by atoms with Crippen LogP contribution in [0.3, 0.4) is 0 Å². The second-order valence-electron chi connectivity index (χ2n) is 6.53. The summed E-state index contributed by atoms with van der Waals surface area (Å²) in [7, 11) is 1.37. The van der Waals surface area contributed by atoms with Gasteiger partial charge in [0.1, 0.15) is 0 Å². The van der Waals surface area contributed by atoms with Crippen LogP contribution >= 0.6 is 11.3 Å². The molecule has 3 unspecified atom stereocenters. The zero-order chi connectivity index (χ0) is 18.9. The Bertz CT molecular complexity index is 862. The number of non-ortho nitro benzene ring substituents is 1. The van der Waals surface area contributed by atoms with E-state index >= 15 is 0 Å². The highest BCUT2D eigenvalue weighted by molar-refractivity contribution is 7.10. The van der Waals surface area contributed by atoms with Gasteiger partial charge in [0.15, 0.2) is 0 Å². The lowest BCUT2D eigenvalue weighted by Gasteiger charge is -2.44. The fraction of sp³-hybridized carbons (Fsp3) is 0.316. The Morgan fingerprint density at radius 1 is 1.35 bits per heavy atom. The van der Waals surface area contributed by atoms with Gasteiger partial charge in [0.25, 0.3) is 5.69 Å². The molecule has 0 amide bonds.